The number of hydrogen-bond donors (Lipinski definition) is 2. The Kier molecular flexibility index (Phi) is 10.4. The van der Waals surface area contributed by atoms with Gasteiger partial charge >= 0.3 is 6.09 Å². The van der Waals surface area contributed by atoms with Crippen molar-refractivity contribution >= 4 is 27.9 Å². The fourth-order valence-electron chi connectivity index (χ4n) is 3.64. The molecular formula is C25H34N2O7S2. The van der Waals surface area contributed by atoms with Gasteiger partial charge < -0.3 is 24.6 Å². The first-order valence-corrected chi connectivity index (χ1v) is 14.1. The predicted molar refractivity (Wildman–Crippen MR) is 138 cm³/mol. The molecule has 0 bridgehead atoms. The lowest BCUT2D eigenvalue weighted by Crippen LogP contribution is -2.49. The summed E-state index contributed by atoms with van der Waals surface area (Å²) in [5.41, 5.74) is 0. The smallest absolute Gasteiger partial charge is 0.408 e. The Morgan fingerprint density at radius 1 is 1.17 bits per heavy atom. The largest absolute Gasteiger partial charge is 0.497 e. The van der Waals surface area contributed by atoms with Crippen LogP contribution in [0.3, 0.4) is 0 Å². The molecule has 0 aliphatic carbocycles. The van der Waals surface area contributed by atoms with Crippen molar-refractivity contribution < 1.29 is 32.5 Å². The van der Waals surface area contributed by atoms with E-state index in [4.69, 9.17) is 14.2 Å². The fourth-order valence-corrected chi connectivity index (χ4v) is 6.26. The standard InChI is InChI=1S/C25H34N2O7S2/c1-18(2)15-27(36(30,31)22-11-9-19(32-3)10-12-22)16-23(28)24(35-21-7-5-4-6-8-21)26-25(29)34-20-13-14-33-17-20/h4-12,18,20,23-24,28H,13-17H2,1-3H3,(H,26,29)/t20-,23+,24-/m0/s1. The van der Waals surface area contributed by atoms with Gasteiger partial charge in [-0.3, -0.25) is 0 Å². The SMILES string of the molecule is COc1ccc(S(=O)(=O)N(CC(C)C)C[C@@H](O)[C@@H](NC(=O)O[C@H]2CCOC2)Sc2ccccc2)cc1. The monoisotopic (exact) mass is 538 g/mol. The van der Waals surface area contributed by atoms with Crippen LogP contribution in [0, 0.1) is 5.92 Å². The van der Waals surface area contributed by atoms with E-state index in [2.05, 4.69) is 5.32 Å². The molecule has 1 fully saturated rings. The van der Waals surface area contributed by atoms with Gasteiger partial charge in [-0.1, -0.05) is 43.8 Å². The van der Waals surface area contributed by atoms with Crippen LogP contribution in [0.25, 0.3) is 0 Å². The van der Waals surface area contributed by atoms with E-state index < -0.39 is 27.6 Å². The van der Waals surface area contributed by atoms with Crippen molar-refractivity contribution in [3.63, 3.8) is 0 Å². The van der Waals surface area contributed by atoms with Gasteiger partial charge in [0.15, 0.2) is 0 Å². The van der Waals surface area contributed by atoms with Gasteiger partial charge in [0, 0.05) is 24.4 Å². The second-order valence-corrected chi connectivity index (χ2v) is 12.0. The zero-order valence-corrected chi connectivity index (χ0v) is 22.3. The zero-order valence-electron chi connectivity index (χ0n) is 20.7. The summed E-state index contributed by atoms with van der Waals surface area (Å²) in [7, 11) is -2.41. The topological polar surface area (TPSA) is 114 Å². The molecule has 198 valence electrons. The van der Waals surface area contributed by atoms with Crippen LogP contribution in [-0.2, 0) is 19.5 Å². The second kappa shape index (κ2) is 13.3. The highest BCUT2D eigenvalue weighted by Gasteiger charge is 2.32. The van der Waals surface area contributed by atoms with Crippen molar-refractivity contribution in [3.05, 3.63) is 54.6 Å². The molecule has 1 aliphatic heterocycles. The van der Waals surface area contributed by atoms with Crippen LogP contribution in [0.5, 0.6) is 5.75 Å². The van der Waals surface area contributed by atoms with E-state index in [-0.39, 0.29) is 30.0 Å². The van der Waals surface area contributed by atoms with Crippen LogP contribution in [0.2, 0.25) is 0 Å². The highest BCUT2D eigenvalue weighted by atomic mass is 32.2. The van der Waals surface area contributed by atoms with Crippen molar-refractivity contribution in [1.82, 2.24) is 9.62 Å². The number of hydrogen-bond acceptors (Lipinski definition) is 8. The Hall–Kier alpha value is -2.31. The first-order valence-electron chi connectivity index (χ1n) is 11.8. The number of nitrogens with one attached hydrogen (secondary N) is 1. The molecule has 0 radical (unpaired) electrons. The number of carbonyl (C=O) groups excluding carboxylic acids is 1. The molecule has 3 atom stereocenters. The minimum absolute atomic E-state index is 0.00532. The number of ether oxygens (including phenoxy) is 3. The molecular weight excluding hydrogens is 504 g/mol. The minimum atomic E-state index is -3.92. The Morgan fingerprint density at radius 3 is 2.44 bits per heavy atom. The number of aliphatic hydroxyl groups is 1. The first kappa shape index (κ1) is 28.3. The molecule has 36 heavy (non-hydrogen) atoms. The van der Waals surface area contributed by atoms with Gasteiger partial charge in [0.05, 0.1) is 31.3 Å². The number of thioether (sulfide) groups is 1. The van der Waals surface area contributed by atoms with Gasteiger partial charge in [0.25, 0.3) is 0 Å². The molecule has 11 heteroatoms. The van der Waals surface area contributed by atoms with Crippen LogP contribution >= 0.6 is 11.8 Å². The summed E-state index contributed by atoms with van der Waals surface area (Å²) in [5, 5.41) is 13.1. The Labute approximate surface area is 217 Å². The molecule has 0 spiro atoms. The van der Waals surface area contributed by atoms with Gasteiger partial charge in [-0.15, -0.1) is 0 Å². The number of rotatable bonds is 12. The molecule has 3 rings (SSSR count). The number of carbonyl (C=O) groups is 1. The van der Waals surface area contributed by atoms with E-state index in [1.165, 1.54) is 35.3 Å². The van der Waals surface area contributed by atoms with Crippen LogP contribution in [0.15, 0.2) is 64.4 Å². The maximum Gasteiger partial charge on any atom is 0.408 e. The van der Waals surface area contributed by atoms with Crippen LogP contribution in [0.4, 0.5) is 4.79 Å². The zero-order chi connectivity index (χ0) is 26.1. The second-order valence-electron chi connectivity index (χ2n) is 8.85. The fraction of sp³-hybridized carbons (Fsp3) is 0.480. The Morgan fingerprint density at radius 2 is 1.86 bits per heavy atom. The van der Waals surface area contributed by atoms with Crippen molar-refractivity contribution in [3.8, 4) is 5.75 Å². The predicted octanol–water partition coefficient (Wildman–Crippen LogP) is 3.34. The lowest BCUT2D eigenvalue weighted by atomic mass is 10.2. The lowest BCUT2D eigenvalue weighted by molar-refractivity contribution is 0.0743. The van der Waals surface area contributed by atoms with Gasteiger partial charge in [-0.05, 0) is 42.3 Å². The molecule has 1 saturated heterocycles. The maximum absolute atomic E-state index is 13.5. The molecule has 0 aromatic heterocycles. The summed E-state index contributed by atoms with van der Waals surface area (Å²) in [6, 6.07) is 15.4. The minimum Gasteiger partial charge on any atom is -0.497 e. The number of sulfonamides is 1. The van der Waals surface area contributed by atoms with E-state index in [9.17, 15) is 18.3 Å². The van der Waals surface area contributed by atoms with Crippen LogP contribution in [0.1, 0.15) is 20.3 Å². The molecule has 1 heterocycles. The van der Waals surface area contributed by atoms with Crippen LogP contribution in [-0.4, -0.2) is 74.9 Å². The third-order valence-electron chi connectivity index (χ3n) is 5.43. The van der Waals surface area contributed by atoms with Crippen LogP contribution < -0.4 is 10.1 Å². The maximum atomic E-state index is 13.5. The molecule has 1 aliphatic rings. The van der Waals surface area contributed by atoms with Gasteiger partial charge in [-0.25, -0.2) is 13.2 Å². The quantitative estimate of drug-likeness (QED) is 0.312. The molecule has 1 amide bonds. The van der Waals surface area contributed by atoms with Gasteiger partial charge in [-0.2, -0.15) is 4.31 Å². The van der Waals surface area contributed by atoms with Crippen molar-refractivity contribution in [1.29, 1.82) is 0 Å². The van der Waals surface area contributed by atoms with E-state index >= 15 is 0 Å². The molecule has 2 aromatic carbocycles. The average Bonchev–Trinajstić information content (AvgIpc) is 3.36. The van der Waals surface area contributed by atoms with Crippen molar-refractivity contribution in [2.75, 3.05) is 33.4 Å². The highest BCUT2D eigenvalue weighted by molar-refractivity contribution is 8.00. The Balaban J connectivity index is 1.80. The summed E-state index contributed by atoms with van der Waals surface area (Å²) >= 11 is 1.22. The summed E-state index contributed by atoms with van der Waals surface area (Å²) < 4.78 is 44.0. The summed E-state index contributed by atoms with van der Waals surface area (Å²) in [4.78, 5) is 13.5. The van der Waals surface area contributed by atoms with E-state index in [1.54, 1.807) is 12.1 Å². The number of methoxy groups -OCH3 is 1. The summed E-state index contributed by atoms with van der Waals surface area (Å²) in [6.07, 6.45) is -1.66. The Bertz CT molecular complexity index is 1060. The number of alkyl carbamates (subject to hydrolysis) is 1. The summed E-state index contributed by atoms with van der Waals surface area (Å²) in [6.45, 7) is 4.63. The number of aliphatic hydroxyl groups excluding tert-OH is 1. The third-order valence-corrected chi connectivity index (χ3v) is 8.51. The first-order chi connectivity index (χ1) is 17.2. The number of amides is 1. The molecule has 2 N–H and O–H groups in total. The average molecular weight is 539 g/mol. The van der Waals surface area contributed by atoms with E-state index in [0.29, 0.717) is 25.4 Å². The van der Waals surface area contributed by atoms with E-state index in [0.717, 1.165) is 4.90 Å². The normalized spacial score (nSPS) is 17.7. The number of nitrogens with zero attached hydrogens (tertiary/aromatic N) is 1. The van der Waals surface area contributed by atoms with Crippen molar-refractivity contribution in [2.24, 2.45) is 5.92 Å². The molecule has 2 aromatic rings. The highest BCUT2D eigenvalue weighted by Crippen LogP contribution is 2.27. The lowest BCUT2D eigenvalue weighted by Gasteiger charge is -2.30. The molecule has 9 nitrogen and oxygen atoms in total. The van der Waals surface area contributed by atoms with Crippen molar-refractivity contribution in [2.45, 2.75) is 47.6 Å². The molecule has 0 saturated carbocycles. The third kappa shape index (κ3) is 8.10. The summed E-state index contributed by atoms with van der Waals surface area (Å²) in [5.74, 6) is 0.546. The van der Waals surface area contributed by atoms with E-state index in [1.807, 2.05) is 44.2 Å². The number of benzene rings is 2. The molecule has 0 unspecified atom stereocenters. The van der Waals surface area contributed by atoms with Gasteiger partial charge in [0.2, 0.25) is 10.0 Å². The van der Waals surface area contributed by atoms with Gasteiger partial charge in [0.1, 0.15) is 17.2 Å².